The first-order valence-electron chi connectivity index (χ1n) is 13.1. The molecule has 2 aromatic carbocycles. The Balaban J connectivity index is 1.57. The second-order valence-corrected chi connectivity index (χ2v) is 11.1. The fourth-order valence-electron chi connectivity index (χ4n) is 4.79. The summed E-state index contributed by atoms with van der Waals surface area (Å²) in [6.07, 6.45) is 3.05. The Bertz CT molecular complexity index is 1600. The molecule has 0 saturated carbocycles. The molecule has 1 saturated heterocycles. The summed E-state index contributed by atoms with van der Waals surface area (Å²) in [5, 5.41) is 12.7. The zero-order chi connectivity index (χ0) is 28.1. The molecule has 2 aromatic heterocycles. The van der Waals surface area contributed by atoms with Crippen LogP contribution >= 0.6 is 0 Å². The minimum atomic E-state index is -0.959. The van der Waals surface area contributed by atoms with E-state index >= 15 is 0 Å². The van der Waals surface area contributed by atoms with Gasteiger partial charge in [-0.15, -0.1) is 0 Å². The molecule has 1 aliphatic heterocycles. The first kappa shape index (κ1) is 26.5. The molecule has 39 heavy (non-hydrogen) atoms. The number of anilines is 2. The minimum absolute atomic E-state index is 0.158. The quantitative estimate of drug-likeness (QED) is 0.361. The molecule has 0 spiro atoms. The van der Waals surface area contributed by atoms with Crippen molar-refractivity contribution in [3.05, 3.63) is 76.3 Å². The van der Waals surface area contributed by atoms with E-state index in [0.29, 0.717) is 22.2 Å². The van der Waals surface area contributed by atoms with E-state index in [1.165, 1.54) is 12.1 Å². The van der Waals surface area contributed by atoms with Gasteiger partial charge in [-0.3, -0.25) is 14.3 Å². The first-order valence-corrected chi connectivity index (χ1v) is 13.1. The van der Waals surface area contributed by atoms with Crippen molar-refractivity contribution in [1.82, 2.24) is 19.6 Å². The summed E-state index contributed by atoms with van der Waals surface area (Å²) in [4.78, 5) is 28.0. The topological polar surface area (TPSA) is 85.0 Å². The Morgan fingerprint density at radius 1 is 1.05 bits per heavy atom. The second kappa shape index (κ2) is 9.91. The van der Waals surface area contributed by atoms with Crippen LogP contribution in [0.15, 0.2) is 53.5 Å². The molecule has 1 atom stereocenters. The summed E-state index contributed by atoms with van der Waals surface area (Å²) in [5.41, 5.74) is 0.476. The third-order valence-corrected chi connectivity index (χ3v) is 7.83. The fraction of sp³-hybridized carbons (Fsp3) is 0.379. The van der Waals surface area contributed by atoms with Crippen LogP contribution in [-0.4, -0.2) is 38.6 Å². The number of hydrogen-bond donors (Lipinski definition) is 1. The monoisotopic (exact) mass is 534 g/mol. The van der Waals surface area contributed by atoms with Gasteiger partial charge in [0.1, 0.15) is 11.4 Å². The summed E-state index contributed by atoms with van der Waals surface area (Å²) >= 11 is 0. The molecule has 0 aliphatic carbocycles. The average Bonchev–Trinajstić information content (AvgIpc) is 3.51. The van der Waals surface area contributed by atoms with E-state index in [9.17, 15) is 18.4 Å². The van der Waals surface area contributed by atoms with Gasteiger partial charge in [-0.25, -0.2) is 8.78 Å². The number of benzene rings is 2. The smallest absolute Gasteiger partial charge is 0.276 e. The largest absolute Gasteiger partial charge is 0.369 e. The van der Waals surface area contributed by atoms with E-state index in [-0.39, 0.29) is 11.2 Å². The summed E-state index contributed by atoms with van der Waals surface area (Å²) < 4.78 is 31.3. The molecule has 0 unspecified atom stereocenters. The van der Waals surface area contributed by atoms with Gasteiger partial charge in [0, 0.05) is 30.7 Å². The number of aromatic nitrogens is 4. The molecular weight excluding hydrogens is 502 g/mol. The molecule has 0 bridgehead atoms. The van der Waals surface area contributed by atoms with Crippen molar-refractivity contribution in [2.24, 2.45) is 11.8 Å². The Morgan fingerprint density at radius 3 is 2.41 bits per heavy atom. The van der Waals surface area contributed by atoms with Crippen molar-refractivity contribution in [3.8, 4) is 5.69 Å². The molecule has 1 aliphatic rings. The van der Waals surface area contributed by atoms with Crippen LogP contribution in [0.4, 0.5) is 20.2 Å². The van der Waals surface area contributed by atoms with Gasteiger partial charge < -0.3 is 10.2 Å². The van der Waals surface area contributed by atoms with Crippen LogP contribution in [0.25, 0.3) is 16.6 Å². The summed E-state index contributed by atoms with van der Waals surface area (Å²) in [6, 6.07) is 9.23. The standard InChI is InChI=1S/C29H32F2N6O2/c1-17(2)29(4,5)36-16-19-22(33-36)9-10-23(26(19)35-14-13-18(3)15-35)32-28(39)24-11-12-25(38)37(34-24)27-20(30)7-6-8-21(27)31/h6-12,16-18H,13-15H2,1-5H3,(H,32,39)/t18-/m0/s1. The first-order chi connectivity index (χ1) is 18.5. The Morgan fingerprint density at radius 2 is 1.77 bits per heavy atom. The number of carbonyl (C=O) groups is 1. The molecule has 5 rings (SSSR count). The van der Waals surface area contributed by atoms with Crippen LogP contribution in [-0.2, 0) is 5.54 Å². The van der Waals surface area contributed by atoms with Crippen molar-refractivity contribution >= 4 is 28.2 Å². The van der Waals surface area contributed by atoms with E-state index in [1.54, 1.807) is 0 Å². The molecule has 0 radical (unpaired) electrons. The number of para-hydroxylation sites is 1. The number of fused-ring (bicyclic) bond motifs is 1. The zero-order valence-electron chi connectivity index (χ0n) is 22.7. The molecule has 1 amide bonds. The van der Waals surface area contributed by atoms with Gasteiger partial charge in [0.15, 0.2) is 11.6 Å². The Hall–Kier alpha value is -4.08. The van der Waals surface area contributed by atoms with Gasteiger partial charge in [-0.2, -0.15) is 14.9 Å². The molecule has 3 heterocycles. The molecule has 204 valence electrons. The third-order valence-electron chi connectivity index (χ3n) is 7.83. The van der Waals surface area contributed by atoms with Crippen molar-refractivity contribution in [2.45, 2.75) is 46.6 Å². The van der Waals surface area contributed by atoms with E-state index in [1.807, 2.05) is 23.0 Å². The van der Waals surface area contributed by atoms with Crippen LogP contribution in [0.2, 0.25) is 0 Å². The lowest BCUT2D eigenvalue weighted by molar-refractivity contribution is 0.102. The maximum Gasteiger partial charge on any atom is 0.276 e. The lowest BCUT2D eigenvalue weighted by atomic mass is 9.91. The SMILES string of the molecule is CC(C)C(C)(C)n1cc2c(N3CC[C@H](C)C3)c(NC(=O)c3ccc(=O)n(-c4c(F)cccc4F)n3)ccc2n1. The van der Waals surface area contributed by atoms with E-state index < -0.39 is 28.8 Å². The van der Waals surface area contributed by atoms with E-state index in [4.69, 9.17) is 5.10 Å². The van der Waals surface area contributed by atoms with Crippen molar-refractivity contribution in [1.29, 1.82) is 0 Å². The zero-order valence-corrected chi connectivity index (χ0v) is 22.7. The van der Waals surface area contributed by atoms with Gasteiger partial charge in [-0.1, -0.05) is 26.8 Å². The second-order valence-electron chi connectivity index (χ2n) is 11.1. The maximum atomic E-state index is 14.4. The number of rotatable bonds is 6. The summed E-state index contributed by atoms with van der Waals surface area (Å²) in [5.74, 6) is -1.70. The van der Waals surface area contributed by atoms with Crippen molar-refractivity contribution in [3.63, 3.8) is 0 Å². The number of amides is 1. The summed E-state index contributed by atoms with van der Waals surface area (Å²) in [7, 11) is 0. The number of nitrogens with one attached hydrogen (secondary N) is 1. The van der Waals surface area contributed by atoms with Gasteiger partial charge in [0.2, 0.25) is 0 Å². The average molecular weight is 535 g/mol. The van der Waals surface area contributed by atoms with Crippen LogP contribution in [0.3, 0.4) is 0 Å². The highest BCUT2D eigenvalue weighted by Crippen LogP contribution is 2.39. The predicted molar refractivity (Wildman–Crippen MR) is 148 cm³/mol. The highest BCUT2D eigenvalue weighted by molar-refractivity contribution is 6.08. The Kier molecular flexibility index (Phi) is 6.74. The van der Waals surface area contributed by atoms with Gasteiger partial charge >= 0.3 is 0 Å². The molecule has 1 N–H and O–H groups in total. The minimum Gasteiger partial charge on any atom is -0.369 e. The highest BCUT2D eigenvalue weighted by atomic mass is 19.1. The third kappa shape index (κ3) is 4.79. The summed E-state index contributed by atoms with van der Waals surface area (Å²) in [6.45, 7) is 12.4. The van der Waals surface area contributed by atoms with Gasteiger partial charge in [-0.05, 0) is 62.4 Å². The van der Waals surface area contributed by atoms with Crippen LogP contribution < -0.4 is 15.8 Å². The van der Waals surface area contributed by atoms with Gasteiger partial charge in [0.25, 0.3) is 11.5 Å². The Labute approximate surface area is 225 Å². The number of halogens is 2. The van der Waals surface area contributed by atoms with Gasteiger partial charge in [0.05, 0.1) is 22.4 Å². The van der Waals surface area contributed by atoms with Crippen molar-refractivity contribution in [2.75, 3.05) is 23.3 Å². The van der Waals surface area contributed by atoms with Crippen molar-refractivity contribution < 1.29 is 13.6 Å². The number of nitrogens with zero attached hydrogens (tertiary/aromatic N) is 5. The van der Waals surface area contributed by atoms with Crippen LogP contribution in [0.1, 0.15) is 51.5 Å². The molecular formula is C29H32F2N6O2. The molecule has 4 aromatic rings. The number of hydrogen-bond acceptors (Lipinski definition) is 5. The highest BCUT2D eigenvalue weighted by Gasteiger charge is 2.29. The fourth-order valence-corrected chi connectivity index (χ4v) is 4.79. The van der Waals surface area contributed by atoms with E-state index in [2.05, 4.69) is 49.9 Å². The number of carbonyl (C=O) groups excluding carboxylic acids is 1. The van der Waals surface area contributed by atoms with Crippen LogP contribution in [0.5, 0.6) is 0 Å². The van der Waals surface area contributed by atoms with Crippen LogP contribution in [0, 0.1) is 23.5 Å². The normalized spacial score (nSPS) is 15.9. The molecule has 10 heteroatoms. The lowest BCUT2D eigenvalue weighted by Crippen LogP contribution is -2.32. The predicted octanol–water partition coefficient (Wildman–Crippen LogP) is 5.35. The molecule has 1 fully saturated rings. The maximum absolute atomic E-state index is 14.4. The lowest BCUT2D eigenvalue weighted by Gasteiger charge is -2.29. The molecule has 8 nitrogen and oxygen atoms in total. The van der Waals surface area contributed by atoms with E-state index in [0.717, 1.165) is 54.3 Å².